The fourth-order valence-corrected chi connectivity index (χ4v) is 11.8. The van der Waals surface area contributed by atoms with Gasteiger partial charge in [0.1, 0.15) is 0 Å². The van der Waals surface area contributed by atoms with E-state index in [0.717, 1.165) is 56.9 Å². The second kappa shape index (κ2) is 17.4. The van der Waals surface area contributed by atoms with Gasteiger partial charge < -0.3 is 13.7 Å². The quantitative estimate of drug-likeness (QED) is 0.152. The van der Waals surface area contributed by atoms with Crippen LogP contribution in [0, 0.1) is 0 Å². The SMILES string of the molecule is C1=CCC(n2c3ccccc3c3cc(-c4ccc5c(c4)c4cc(-c6ccc7c(c6)c6ccccc6n7-c6ccccc6)ccc4n5-c4cccc(-c5nc(-c6ccccc6)cc(-c6ccccc6)n5)c4)ccc32)C=C1. The summed E-state index contributed by atoms with van der Waals surface area (Å²) >= 11 is 0. The lowest BCUT2D eigenvalue weighted by molar-refractivity contribution is 0.648. The molecule has 0 amide bonds. The van der Waals surface area contributed by atoms with E-state index in [1.165, 1.54) is 76.6 Å². The number of allylic oxidation sites excluding steroid dienone is 4. The fraction of sp³-hybridized carbons (Fsp3) is 0.0286. The molecule has 5 heteroatoms. The van der Waals surface area contributed by atoms with Gasteiger partial charge in [-0.15, -0.1) is 0 Å². The zero-order chi connectivity index (χ0) is 49.4. The third-order valence-electron chi connectivity index (χ3n) is 15.3. The number of rotatable bonds is 8. The van der Waals surface area contributed by atoms with Gasteiger partial charge in [0, 0.05) is 71.4 Å². The maximum atomic E-state index is 5.23. The Labute approximate surface area is 433 Å². The van der Waals surface area contributed by atoms with E-state index >= 15 is 0 Å². The summed E-state index contributed by atoms with van der Waals surface area (Å²) in [5.74, 6) is 0.680. The van der Waals surface area contributed by atoms with Gasteiger partial charge in [0.15, 0.2) is 5.82 Å². The Morgan fingerprint density at radius 2 is 0.733 bits per heavy atom. The lowest BCUT2D eigenvalue weighted by atomic mass is 9.98. The van der Waals surface area contributed by atoms with Crippen LogP contribution < -0.4 is 0 Å². The third kappa shape index (κ3) is 7.15. The predicted molar refractivity (Wildman–Crippen MR) is 313 cm³/mol. The molecule has 1 aliphatic carbocycles. The zero-order valence-corrected chi connectivity index (χ0v) is 40.9. The van der Waals surface area contributed by atoms with Crippen molar-refractivity contribution in [2.24, 2.45) is 0 Å². The summed E-state index contributed by atoms with van der Waals surface area (Å²) in [5.41, 5.74) is 18.9. The van der Waals surface area contributed by atoms with Gasteiger partial charge in [-0.2, -0.15) is 0 Å². The summed E-state index contributed by atoms with van der Waals surface area (Å²) in [7, 11) is 0. The molecule has 0 radical (unpaired) electrons. The lowest BCUT2D eigenvalue weighted by Crippen LogP contribution is -2.06. The first-order valence-corrected chi connectivity index (χ1v) is 25.8. The molecule has 14 aromatic rings. The van der Waals surface area contributed by atoms with Gasteiger partial charge >= 0.3 is 0 Å². The minimum atomic E-state index is 0.270. The summed E-state index contributed by atoms with van der Waals surface area (Å²) in [5, 5.41) is 7.39. The second-order valence-corrected chi connectivity index (χ2v) is 19.7. The minimum absolute atomic E-state index is 0.270. The second-order valence-electron chi connectivity index (χ2n) is 19.7. The molecular formula is C70H47N5. The summed E-state index contributed by atoms with van der Waals surface area (Å²) in [6, 6.07) is 88.2. The van der Waals surface area contributed by atoms with Gasteiger partial charge in [0.05, 0.1) is 39.5 Å². The Bertz CT molecular complexity index is 4550. The van der Waals surface area contributed by atoms with Crippen molar-refractivity contribution in [3.8, 4) is 67.5 Å². The zero-order valence-electron chi connectivity index (χ0n) is 40.9. The number of aromatic nitrogens is 5. The van der Waals surface area contributed by atoms with Crippen LogP contribution in [0.25, 0.3) is 133 Å². The molecule has 10 aromatic carbocycles. The first-order chi connectivity index (χ1) is 37.2. The molecule has 4 heterocycles. The van der Waals surface area contributed by atoms with Crippen molar-refractivity contribution in [2.75, 3.05) is 0 Å². The van der Waals surface area contributed by atoms with Crippen LogP contribution >= 0.6 is 0 Å². The highest BCUT2D eigenvalue weighted by molar-refractivity contribution is 6.14. The predicted octanol–water partition coefficient (Wildman–Crippen LogP) is 18.2. The Kier molecular flexibility index (Phi) is 9.95. The van der Waals surface area contributed by atoms with Crippen molar-refractivity contribution < 1.29 is 0 Å². The molecule has 352 valence electrons. The molecule has 1 unspecified atom stereocenters. The van der Waals surface area contributed by atoms with Gasteiger partial charge in [-0.25, -0.2) is 9.97 Å². The number of benzene rings is 10. The average molecular weight is 958 g/mol. The third-order valence-corrected chi connectivity index (χ3v) is 15.3. The number of fused-ring (bicyclic) bond motifs is 9. The molecule has 1 atom stereocenters. The van der Waals surface area contributed by atoms with E-state index in [9.17, 15) is 0 Å². The van der Waals surface area contributed by atoms with Crippen molar-refractivity contribution >= 4 is 65.4 Å². The van der Waals surface area contributed by atoms with E-state index in [-0.39, 0.29) is 6.04 Å². The maximum absolute atomic E-state index is 5.23. The van der Waals surface area contributed by atoms with Crippen LogP contribution in [0.4, 0.5) is 0 Å². The van der Waals surface area contributed by atoms with E-state index in [1.54, 1.807) is 0 Å². The molecule has 75 heavy (non-hydrogen) atoms. The van der Waals surface area contributed by atoms with Crippen LogP contribution in [0.2, 0.25) is 0 Å². The molecule has 15 rings (SSSR count). The fourth-order valence-electron chi connectivity index (χ4n) is 11.8. The highest BCUT2D eigenvalue weighted by Gasteiger charge is 2.21. The normalized spacial score (nSPS) is 13.6. The molecular weight excluding hydrogens is 911 g/mol. The van der Waals surface area contributed by atoms with Crippen LogP contribution in [-0.4, -0.2) is 23.7 Å². The monoisotopic (exact) mass is 957 g/mol. The van der Waals surface area contributed by atoms with Gasteiger partial charge in [-0.1, -0.05) is 176 Å². The summed E-state index contributed by atoms with van der Waals surface area (Å²) in [4.78, 5) is 10.5. The Hall–Kier alpha value is -9.84. The summed E-state index contributed by atoms with van der Waals surface area (Å²) < 4.78 is 7.31. The molecule has 0 spiro atoms. The molecule has 0 aliphatic heterocycles. The van der Waals surface area contributed by atoms with E-state index in [4.69, 9.17) is 9.97 Å². The molecule has 4 aromatic heterocycles. The van der Waals surface area contributed by atoms with Crippen LogP contribution in [0.5, 0.6) is 0 Å². The molecule has 0 N–H and O–H groups in total. The van der Waals surface area contributed by atoms with Gasteiger partial charge in [-0.05, 0) is 120 Å². The van der Waals surface area contributed by atoms with Crippen molar-refractivity contribution in [2.45, 2.75) is 12.5 Å². The molecule has 5 nitrogen and oxygen atoms in total. The van der Waals surface area contributed by atoms with Gasteiger partial charge in [0.25, 0.3) is 0 Å². The first-order valence-electron chi connectivity index (χ1n) is 25.8. The first kappa shape index (κ1) is 42.8. The van der Waals surface area contributed by atoms with Crippen molar-refractivity contribution in [1.82, 2.24) is 23.7 Å². The number of hydrogen-bond donors (Lipinski definition) is 0. The summed E-state index contributed by atoms with van der Waals surface area (Å²) in [6.07, 6.45) is 9.91. The van der Waals surface area contributed by atoms with E-state index in [1.807, 2.05) is 12.1 Å². The average Bonchev–Trinajstić information content (AvgIpc) is 4.18. The molecule has 0 saturated carbocycles. The standard InChI is InChI=1S/C70H47N5/c1-5-18-46(19-6-1)62-45-63(47-20-7-2-8-21-47)72-70(71-62)52-22-17-27-55(40-52)75-68-38-34-50(48-32-36-66-58(41-48)56-28-13-15-30-64(56)73(66)53-23-9-3-10-24-53)43-60(68)61-44-51(35-39-69(61)75)49-33-37-67-59(42-49)57-29-14-16-31-65(57)74(67)54-25-11-4-12-26-54/h1-25,27-45,54H,26H2. The largest absolute Gasteiger partial charge is 0.333 e. The maximum Gasteiger partial charge on any atom is 0.160 e. The smallest absolute Gasteiger partial charge is 0.160 e. The van der Waals surface area contributed by atoms with Crippen LogP contribution in [0.1, 0.15) is 12.5 Å². The lowest BCUT2D eigenvalue weighted by Gasteiger charge is -2.18. The Balaban J connectivity index is 0.918. The molecule has 1 aliphatic rings. The van der Waals surface area contributed by atoms with E-state index < -0.39 is 0 Å². The van der Waals surface area contributed by atoms with Crippen molar-refractivity contribution in [3.63, 3.8) is 0 Å². The Morgan fingerprint density at radius 1 is 0.307 bits per heavy atom. The van der Waals surface area contributed by atoms with E-state index in [2.05, 4.69) is 269 Å². The van der Waals surface area contributed by atoms with Gasteiger partial charge in [-0.3, -0.25) is 0 Å². The highest BCUT2D eigenvalue weighted by atomic mass is 15.0. The van der Waals surface area contributed by atoms with Crippen LogP contribution in [-0.2, 0) is 0 Å². The minimum Gasteiger partial charge on any atom is -0.333 e. The Morgan fingerprint density at radius 3 is 1.31 bits per heavy atom. The molecule has 0 saturated heterocycles. The number of hydrogen-bond acceptors (Lipinski definition) is 2. The van der Waals surface area contributed by atoms with Crippen molar-refractivity contribution in [3.05, 3.63) is 267 Å². The highest BCUT2D eigenvalue weighted by Crippen LogP contribution is 2.42. The topological polar surface area (TPSA) is 40.6 Å². The number of para-hydroxylation sites is 3. The van der Waals surface area contributed by atoms with Crippen LogP contribution in [0.15, 0.2) is 267 Å². The van der Waals surface area contributed by atoms with Crippen LogP contribution in [0.3, 0.4) is 0 Å². The van der Waals surface area contributed by atoms with Gasteiger partial charge in [0.2, 0.25) is 0 Å². The molecule has 0 fully saturated rings. The van der Waals surface area contributed by atoms with E-state index in [0.29, 0.717) is 5.82 Å². The summed E-state index contributed by atoms with van der Waals surface area (Å²) in [6.45, 7) is 0. The molecule has 0 bridgehead atoms. The number of nitrogens with zero attached hydrogens (tertiary/aromatic N) is 5. The van der Waals surface area contributed by atoms with Crippen molar-refractivity contribution in [1.29, 1.82) is 0 Å².